The van der Waals surface area contributed by atoms with E-state index in [1.165, 1.54) is 18.3 Å². The van der Waals surface area contributed by atoms with Crippen LogP contribution in [0.15, 0.2) is 36.5 Å². The molecule has 2 aromatic rings. The molecule has 1 atom stereocenters. The Kier molecular flexibility index (Phi) is 4.32. The van der Waals surface area contributed by atoms with Crippen LogP contribution in [0.4, 0.5) is 17.6 Å². The van der Waals surface area contributed by atoms with Crippen LogP contribution in [0.2, 0.25) is 0 Å². The second-order valence-electron chi connectivity index (χ2n) is 5.31. The van der Waals surface area contributed by atoms with Gasteiger partial charge in [0.25, 0.3) is 0 Å². The Morgan fingerprint density at radius 2 is 2.00 bits per heavy atom. The molecule has 7 heteroatoms. The number of ether oxygens (including phenoxy) is 2. The number of hydrogen-bond donors (Lipinski definition) is 0. The average Bonchev–Trinajstić information content (AvgIpc) is 3.27. The Morgan fingerprint density at radius 3 is 2.57 bits per heavy atom. The molecule has 1 aromatic heterocycles. The van der Waals surface area contributed by atoms with Crippen LogP contribution in [0.25, 0.3) is 0 Å². The molecule has 1 aliphatic heterocycles. The normalized spacial score (nSPS) is 20.0. The van der Waals surface area contributed by atoms with Gasteiger partial charge in [-0.2, -0.15) is 8.78 Å². The van der Waals surface area contributed by atoms with Gasteiger partial charge in [0, 0.05) is 29.9 Å². The third kappa shape index (κ3) is 3.68. The highest BCUT2D eigenvalue weighted by Gasteiger charge is 2.48. The van der Waals surface area contributed by atoms with Gasteiger partial charge < -0.3 is 9.47 Å². The minimum atomic E-state index is -2.83. The standard InChI is InChI=1S/C16H13F4NO2/c17-11-2-4-13(14(18)5-11)16(9-23-16)6-12-3-1-10(7-21-12)8-22-15(19)20/h1-5,7,15H,6,8-9H2. The Hall–Kier alpha value is -1.99. The van der Waals surface area contributed by atoms with Crippen molar-refractivity contribution in [2.45, 2.75) is 25.2 Å². The molecule has 1 aliphatic rings. The molecule has 0 aliphatic carbocycles. The highest BCUT2D eigenvalue weighted by Crippen LogP contribution is 2.42. The lowest BCUT2D eigenvalue weighted by atomic mass is 9.94. The number of hydrogen-bond acceptors (Lipinski definition) is 3. The summed E-state index contributed by atoms with van der Waals surface area (Å²) in [5.41, 5.74) is 0.566. The van der Waals surface area contributed by atoms with Gasteiger partial charge in [-0.05, 0) is 17.7 Å². The van der Waals surface area contributed by atoms with Crippen molar-refractivity contribution < 1.29 is 27.0 Å². The molecule has 2 heterocycles. The minimum Gasteiger partial charge on any atom is -0.364 e. The lowest BCUT2D eigenvalue weighted by molar-refractivity contribution is -0.137. The number of epoxide rings is 1. The first kappa shape index (κ1) is 15.9. The first-order chi connectivity index (χ1) is 11.0. The average molecular weight is 327 g/mol. The molecule has 0 radical (unpaired) electrons. The molecule has 1 saturated heterocycles. The Morgan fingerprint density at radius 1 is 1.22 bits per heavy atom. The van der Waals surface area contributed by atoms with Crippen molar-refractivity contribution in [2.75, 3.05) is 6.61 Å². The van der Waals surface area contributed by atoms with Crippen LogP contribution in [0.5, 0.6) is 0 Å². The van der Waals surface area contributed by atoms with Crippen molar-refractivity contribution in [3.8, 4) is 0 Å². The third-order valence-electron chi connectivity index (χ3n) is 3.64. The zero-order valence-electron chi connectivity index (χ0n) is 11.9. The van der Waals surface area contributed by atoms with Crippen molar-refractivity contribution in [1.29, 1.82) is 0 Å². The zero-order chi connectivity index (χ0) is 16.4. The minimum absolute atomic E-state index is 0.237. The predicted molar refractivity (Wildman–Crippen MR) is 72.7 cm³/mol. The molecule has 1 unspecified atom stereocenters. The van der Waals surface area contributed by atoms with Crippen molar-refractivity contribution in [2.24, 2.45) is 0 Å². The quantitative estimate of drug-likeness (QED) is 0.601. The summed E-state index contributed by atoms with van der Waals surface area (Å²) in [5.74, 6) is -1.31. The maximum atomic E-state index is 13.9. The first-order valence-corrected chi connectivity index (χ1v) is 6.91. The van der Waals surface area contributed by atoms with E-state index in [1.807, 2.05) is 0 Å². The largest absolute Gasteiger partial charge is 0.364 e. The molecule has 23 heavy (non-hydrogen) atoms. The SMILES string of the molecule is Fc1ccc(C2(Cc3ccc(COC(F)F)cn3)CO2)c(F)c1. The van der Waals surface area contributed by atoms with Gasteiger partial charge in [0.15, 0.2) is 0 Å². The molecule has 0 bridgehead atoms. The van der Waals surface area contributed by atoms with Crippen LogP contribution >= 0.6 is 0 Å². The summed E-state index contributed by atoms with van der Waals surface area (Å²) in [4.78, 5) is 4.15. The molecule has 1 aromatic carbocycles. The van der Waals surface area contributed by atoms with E-state index in [9.17, 15) is 17.6 Å². The number of alkyl halides is 2. The van der Waals surface area contributed by atoms with Crippen molar-refractivity contribution >= 4 is 0 Å². The van der Waals surface area contributed by atoms with Crippen LogP contribution in [0, 0.1) is 11.6 Å². The monoisotopic (exact) mass is 327 g/mol. The van der Waals surface area contributed by atoms with Crippen LogP contribution in [-0.4, -0.2) is 18.2 Å². The fraction of sp³-hybridized carbons (Fsp3) is 0.312. The van der Waals surface area contributed by atoms with Gasteiger partial charge >= 0.3 is 6.61 Å². The van der Waals surface area contributed by atoms with Crippen LogP contribution in [-0.2, 0) is 28.1 Å². The summed E-state index contributed by atoms with van der Waals surface area (Å²) in [5, 5.41) is 0. The lowest BCUT2D eigenvalue weighted by Crippen LogP contribution is -2.16. The molecule has 122 valence electrons. The van der Waals surface area contributed by atoms with Crippen LogP contribution in [0.3, 0.4) is 0 Å². The summed E-state index contributed by atoms with van der Waals surface area (Å²) >= 11 is 0. The molecule has 0 spiro atoms. The van der Waals surface area contributed by atoms with Gasteiger partial charge in [0.1, 0.15) is 17.2 Å². The highest BCUT2D eigenvalue weighted by molar-refractivity contribution is 5.31. The van der Waals surface area contributed by atoms with E-state index in [1.54, 1.807) is 12.1 Å². The summed E-state index contributed by atoms with van der Waals surface area (Å²) in [6, 6.07) is 6.62. The van der Waals surface area contributed by atoms with E-state index in [-0.39, 0.29) is 12.2 Å². The van der Waals surface area contributed by atoms with Crippen molar-refractivity contribution in [3.05, 3.63) is 65.0 Å². The smallest absolute Gasteiger partial charge is 0.345 e. The fourth-order valence-electron chi connectivity index (χ4n) is 2.40. The van der Waals surface area contributed by atoms with E-state index in [0.29, 0.717) is 24.3 Å². The van der Waals surface area contributed by atoms with E-state index < -0.39 is 23.8 Å². The van der Waals surface area contributed by atoms with E-state index in [2.05, 4.69) is 9.72 Å². The lowest BCUT2D eigenvalue weighted by Gasteiger charge is -2.13. The summed E-state index contributed by atoms with van der Waals surface area (Å²) in [6.45, 7) is -2.76. The molecule has 3 rings (SSSR count). The van der Waals surface area contributed by atoms with Crippen molar-refractivity contribution in [1.82, 2.24) is 4.98 Å². The molecule has 1 fully saturated rings. The maximum Gasteiger partial charge on any atom is 0.345 e. The van der Waals surface area contributed by atoms with E-state index in [4.69, 9.17) is 4.74 Å². The van der Waals surface area contributed by atoms with Gasteiger partial charge in [0.05, 0.1) is 13.2 Å². The summed E-state index contributed by atoms with van der Waals surface area (Å²) in [6.07, 6.45) is 1.74. The fourth-order valence-corrected chi connectivity index (χ4v) is 2.40. The Balaban J connectivity index is 1.71. The Bertz CT molecular complexity index is 687. The van der Waals surface area contributed by atoms with Crippen LogP contribution < -0.4 is 0 Å². The Labute approximate surface area is 129 Å². The number of benzene rings is 1. The molecule has 0 saturated carbocycles. The summed E-state index contributed by atoms with van der Waals surface area (Å²) < 4.78 is 60.4. The van der Waals surface area contributed by atoms with Crippen LogP contribution in [0.1, 0.15) is 16.8 Å². The topological polar surface area (TPSA) is 34.6 Å². The van der Waals surface area contributed by atoms with E-state index >= 15 is 0 Å². The molecule has 0 amide bonds. The molecular formula is C16H13F4NO2. The molecular weight excluding hydrogens is 314 g/mol. The zero-order valence-corrected chi connectivity index (χ0v) is 11.9. The highest BCUT2D eigenvalue weighted by atomic mass is 19.3. The summed E-state index contributed by atoms with van der Waals surface area (Å²) in [7, 11) is 0. The van der Waals surface area contributed by atoms with Crippen molar-refractivity contribution in [3.63, 3.8) is 0 Å². The predicted octanol–water partition coefficient (Wildman–Crippen LogP) is 3.57. The maximum absolute atomic E-state index is 13.9. The number of pyridine rings is 1. The number of halogens is 4. The number of rotatable bonds is 6. The first-order valence-electron chi connectivity index (χ1n) is 6.91. The van der Waals surface area contributed by atoms with Gasteiger partial charge in [-0.25, -0.2) is 8.78 Å². The van der Waals surface area contributed by atoms with Gasteiger partial charge in [-0.1, -0.05) is 12.1 Å². The number of aromatic nitrogens is 1. The van der Waals surface area contributed by atoms with Gasteiger partial charge in [-0.15, -0.1) is 0 Å². The van der Waals surface area contributed by atoms with Gasteiger partial charge in [-0.3, -0.25) is 4.98 Å². The second-order valence-corrected chi connectivity index (χ2v) is 5.31. The molecule has 0 N–H and O–H groups in total. The third-order valence-corrected chi connectivity index (χ3v) is 3.64. The number of nitrogens with zero attached hydrogens (tertiary/aromatic N) is 1. The molecule has 3 nitrogen and oxygen atoms in total. The van der Waals surface area contributed by atoms with E-state index in [0.717, 1.165) is 6.07 Å². The second kappa shape index (κ2) is 6.25. The van der Waals surface area contributed by atoms with Gasteiger partial charge in [0.2, 0.25) is 0 Å².